The van der Waals surface area contributed by atoms with Crippen LogP contribution in [0.2, 0.25) is 10.0 Å². The molecule has 0 spiro atoms. The number of halogens is 3. The van der Waals surface area contributed by atoms with Gasteiger partial charge in [0.15, 0.2) is 5.58 Å². The van der Waals surface area contributed by atoms with Gasteiger partial charge in [-0.15, -0.1) is 0 Å². The molecule has 0 aliphatic rings. The zero-order chi connectivity index (χ0) is 14.4. The highest BCUT2D eigenvalue weighted by molar-refractivity contribution is 9.10. The third-order valence-corrected chi connectivity index (χ3v) is 4.84. The van der Waals surface area contributed by atoms with Crippen LogP contribution in [0.15, 0.2) is 33.2 Å². The second-order valence-electron chi connectivity index (χ2n) is 4.46. The van der Waals surface area contributed by atoms with E-state index in [-0.39, 0.29) is 0 Å². The Morgan fingerprint density at radius 2 is 1.80 bits per heavy atom. The Hall–Kier alpha value is -1.23. The second kappa shape index (κ2) is 4.95. The quantitative estimate of drug-likeness (QED) is 0.456. The van der Waals surface area contributed by atoms with Gasteiger partial charge in [-0.3, -0.25) is 0 Å². The number of aryl methyl sites for hydroxylation is 1. The standard InChI is InChI=1S/C14H9BrCl2N2O/c1-6-2-8(18)5-11-13(6)20-14(19-11)7-3-9(16)12(15)10(17)4-7/h2-5H,18H2,1H3. The lowest BCUT2D eigenvalue weighted by atomic mass is 10.2. The molecule has 0 atom stereocenters. The summed E-state index contributed by atoms with van der Waals surface area (Å²) in [6.07, 6.45) is 0. The maximum atomic E-state index is 6.10. The van der Waals surface area contributed by atoms with Gasteiger partial charge in [-0.25, -0.2) is 4.98 Å². The molecule has 0 saturated carbocycles. The number of rotatable bonds is 1. The number of benzene rings is 2. The van der Waals surface area contributed by atoms with Crippen LogP contribution in [-0.4, -0.2) is 4.98 Å². The first-order valence-corrected chi connectivity index (χ1v) is 7.32. The second-order valence-corrected chi connectivity index (χ2v) is 6.07. The van der Waals surface area contributed by atoms with Crippen LogP contribution in [0.4, 0.5) is 5.69 Å². The summed E-state index contributed by atoms with van der Waals surface area (Å²) in [5, 5.41) is 1.01. The van der Waals surface area contributed by atoms with Crippen molar-refractivity contribution in [1.82, 2.24) is 4.98 Å². The van der Waals surface area contributed by atoms with Crippen LogP contribution in [0, 0.1) is 6.92 Å². The lowest BCUT2D eigenvalue weighted by Gasteiger charge is -2.02. The van der Waals surface area contributed by atoms with E-state index in [2.05, 4.69) is 20.9 Å². The fourth-order valence-corrected chi connectivity index (χ4v) is 2.75. The van der Waals surface area contributed by atoms with E-state index in [1.54, 1.807) is 18.2 Å². The van der Waals surface area contributed by atoms with Crippen molar-refractivity contribution < 1.29 is 4.42 Å². The molecule has 0 radical (unpaired) electrons. The minimum absolute atomic E-state index is 0.463. The summed E-state index contributed by atoms with van der Waals surface area (Å²) in [4.78, 5) is 4.44. The Kier molecular flexibility index (Phi) is 3.40. The first kappa shape index (κ1) is 13.7. The molecule has 1 heterocycles. The third kappa shape index (κ3) is 2.28. The Balaban J connectivity index is 2.22. The van der Waals surface area contributed by atoms with E-state index in [1.807, 2.05) is 13.0 Å². The van der Waals surface area contributed by atoms with E-state index >= 15 is 0 Å². The van der Waals surface area contributed by atoms with E-state index in [4.69, 9.17) is 33.4 Å². The van der Waals surface area contributed by atoms with Gasteiger partial charge in [0.25, 0.3) is 0 Å². The molecule has 0 aliphatic heterocycles. The number of hydrogen-bond donors (Lipinski definition) is 1. The van der Waals surface area contributed by atoms with Crippen LogP contribution in [0.3, 0.4) is 0 Å². The van der Waals surface area contributed by atoms with Crippen molar-refractivity contribution in [3.8, 4) is 11.5 Å². The van der Waals surface area contributed by atoms with Gasteiger partial charge in [-0.2, -0.15) is 0 Å². The van der Waals surface area contributed by atoms with Gasteiger partial charge in [-0.05, 0) is 52.7 Å². The lowest BCUT2D eigenvalue weighted by molar-refractivity contribution is 0.617. The number of aromatic nitrogens is 1. The summed E-state index contributed by atoms with van der Waals surface area (Å²) in [5.41, 5.74) is 9.55. The molecule has 2 N–H and O–H groups in total. The molecule has 0 aliphatic carbocycles. The monoisotopic (exact) mass is 370 g/mol. The molecule has 102 valence electrons. The molecule has 0 bridgehead atoms. The molecule has 0 fully saturated rings. The lowest BCUT2D eigenvalue weighted by Crippen LogP contribution is -1.85. The van der Waals surface area contributed by atoms with Gasteiger partial charge in [-0.1, -0.05) is 23.2 Å². The molecule has 0 unspecified atom stereocenters. The van der Waals surface area contributed by atoms with E-state index < -0.39 is 0 Å². The molecule has 0 saturated heterocycles. The molecular formula is C14H9BrCl2N2O. The molecule has 3 nitrogen and oxygen atoms in total. The van der Waals surface area contributed by atoms with Crippen LogP contribution in [0.5, 0.6) is 0 Å². The van der Waals surface area contributed by atoms with Gasteiger partial charge < -0.3 is 10.2 Å². The fraction of sp³-hybridized carbons (Fsp3) is 0.0714. The van der Waals surface area contributed by atoms with Crippen LogP contribution in [0.25, 0.3) is 22.6 Å². The minimum Gasteiger partial charge on any atom is -0.436 e. The Labute approximate surface area is 133 Å². The highest BCUT2D eigenvalue weighted by atomic mass is 79.9. The molecule has 6 heteroatoms. The molecule has 3 rings (SSSR count). The highest BCUT2D eigenvalue weighted by Gasteiger charge is 2.14. The van der Waals surface area contributed by atoms with E-state index in [0.717, 1.165) is 11.1 Å². The van der Waals surface area contributed by atoms with E-state index in [9.17, 15) is 0 Å². The van der Waals surface area contributed by atoms with Crippen LogP contribution < -0.4 is 5.73 Å². The number of nitrogens with zero attached hydrogens (tertiary/aromatic N) is 1. The highest BCUT2D eigenvalue weighted by Crippen LogP contribution is 2.36. The van der Waals surface area contributed by atoms with Gasteiger partial charge in [0.1, 0.15) is 5.52 Å². The SMILES string of the molecule is Cc1cc(N)cc2nc(-c3cc(Cl)c(Br)c(Cl)c3)oc12. The van der Waals surface area contributed by atoms with Crippen molar-refractivity contribution in [2.45, 2.75) is 6.92 Å². The first-order valence-electron chi connectivity index (χ1n) is 5.77. The van der Waals surface area contributed by atoms with Gasteiger partial charge >= 0.3 is 0 Å². The Bertz CT molecular complexity index is 806. The summed E-state index contributed by atoms with van der Waals surface area (Å²) in [5.74, 6) is 0.463. The van der Waals surface area contributed by atoms with Crippen LogP contribution in [0.1, 0.15) is 5.56 Å². The maximum Gasteiger partial charge on any atom is 0.227 e. The predicted octanol–water partition coefficient (Wildman–Crippen LogP) is 5.45. The minimum atomic E-state index is 0.463. The van der Waals surface area contributed by atoms with Gasteiger partial charge in [0, 0.05) is 11.3 Å². The molecule has 3 aromatic rings. The fourth-order valence-electron chi connectivity index (χ4n) is 2.03. The van der Waals surface area contributed by atoms with Crippen LogP contribution >= 0.6 is 39.1 Å². The predicted molar refractivity (Wildman–Crippen MR) is 86.3 cm³/mol. The number of anilines is 1. The largest absolute Gasteiger partial charge is 0.436 e. The molecule has 0 amide bonds. The van der Waals surface area contributed by atoms with Crippen molar-refractivity contribution in [2.75, 3.05) is 5.73 Å². The molecular weight excluding hydrogens is 363 g/mol. The van der Waals surface area contributed by atoms with Crippen molar-refractivity contribution in [3.63, 3.8) is 0 Å². The Morgan fingerprint density at radius 3 is 2.45 bits per heavy atom. The first-order chi connectivity index (χ1) is 9.45. The average molecular weight is 372 g/mol. The zero-order valence-electron chi connectivity index (χ0n) is 10.4. The number of fused-ring (bicyclic) bond motifs is 1. The Morgan fingerprint density at radius 1 is 1.15 bits per heavy atom. The van der Waals surface area contributed by atoms with Crippen molar-refractivity contribution in [1.29, 1.82) is 0 Å². The smallest absolute Gasteiger partial charge is 0.227 e. The number of nitrogens with two attached hydrogens (primary N) is 1. The van der Waals surface area contributed by atoms with E-state index in [0.29, 0.717) is 37.2 Å². The third-order valence-electron chi connectivity index (χ3n) is 2.93. The van der Waals surface area contributed by atoms with Gasteiger partial charge in [0.05, 0.1) is 14.5 Å². The van der Waals surface area contributed by atoms with Crippen molar-refractivity contribution in [2.24, 2.45) is 0 Å². The summed E-state index contributed by atoms with van der Waals surface area (Å²) in [7, 11) is 0. The summed E-state index contributed by atoms with van der Waals surface area (Å²) < 4.78 is 6.44. The topological polar surface area (TPSA) is 52.0 Å². The summed E-state index contributed by atoms with van der Waals surface area (Å²) >= 11 is 15.5. The average Bonchev–Trinajstić information content (AvgIpc) is 2.79. The summed E-state index contributed by atoms with van der Waals surface area (Å²) in [6.45, 7) is 1.93. The van der Waals surface area contributed by atoms with Crippen LogP contribution in [-0.2, 0) is 0 Å². The van der Waals surface area contributed by atoms with Crippen molar-refractivity contribution >= 4 is 55.9 Å². The molecule has 2 aromatic carbocycles. The van der Waals surface area contributed by atoms with Crippen molar-refractivity contribution in [3.05, 3.63) is 44.3 Å². The summed E-state index contributed by atoms with van der Waals surface area (Å²) in [6, 6.07) is 7.12. The van der Waals surface area contributed by atoms with Gasteiger partial charge in [0.2, 0.25) is 5.89 Å². The number of nitrogen functional groups attached to an aromatic ring is 1. The van der Waals surface area contributed by atoms with E-state index in [1.165, 1.54) is 0 Å². The maximum absolute atomic E-state index is 6.10. The number of hydrogen-bond acceptors (Lipinski definition) is 3. The zero-order valence-corrected chi connectivity index (χ0v) is 13.5. The number of oxazole rings is 1. The molecule has 20 heavy (non-hydrogen) atoms. The molecule has 1 aromatic heterocycles. The normalized spacial score (nSPS) is 11.2.